The molecule has 1 aromatic carbocycles. The van der Waals surface area contributed by atoms with E-state index >= 15 is 0 Å². The number of amides is 2. The van der Waals surface area contributed by atoms with Crippen molar-refractivity contribution >= 4 is 48.5 Å². The minimum absolute atomic E-state index is 0.0497. The van der Waals surface area contributed by atoms with Crippen LogP contribution in [0.3, 0.4) is 0 Å². The molecule has 1 atom stereocenters. The van der Waals surface area contributed by atoms with Crippen LogP contribution >= 0.6 is 11.3 Å². The van der Waals surface area contributed by atoms with Gasteiger partial charge in [-0.3, -0.25) is 9.59 Å². The molecule has 1 unspecified atom stereocenters. The first kappa shape index (κ1) is 19.0. The van der Waals surface area contributed by atoms with Crippen LogP contribution in [0.1, 0.15) is 32.1 Å². The fourth-order valence-corrected chi connectivity index (χ4v) is 6.58. The standard InChI is InChI=1S/C19H22N4O4S2/c24-17-9-12(11-23(17)13-3-4-13)18(25)21-19-20-15-6-5-14(10-16(15)28-19)29(26,27)22-7-1-2-8-22/h5-6,10,12-13H,1-4,7-9,11H2,(H,20,21,25). The van der Waals surface area contributed by atoms with Gasteiger partial charge in [0, 0.05) is 32.1 Å². The van der Waals surface area contributed by atoms with Crippen molar-refractivity contribution < 1.29 is 18.0 Å². The highest BCUT2D eigenvalue weighted by molar-refractivity contribution is 7.89. The molecule has 5 rings (SSSR count). The molecule has 1 N–H and O–H groups in total. The normalized spacial score (nSPS) is 23.2. The van der Waals surface area contributed by atoms with E-state index in [1.54, 1.807) is 18.2 Å². The van der Waals surface area contributed by atoms with Crippen molar-refractivity contribution in [3.05, 3.63) is 18.2 Å². The molecule has 1 aliphatic carbocycles. The fraction of sp³-hybridized carbons (Fsp3) is 0.526. The van der Waals surface area contributed by atoms with Gasteiger partial charge in [-0.15, -0.1) is 0 Å². The number of sulfonamides is 1. The van der Waals surface area contributed by atoms with Gasteiger partial charge in [-0.25, -0.2) is 13.4 Å². The van der Waals surface area contributed by atoms with Crippen molar-refractivity contribution in [2.75, 3.05) is 25.0 Å². The fourth-order valence-electron chi connectivity index (χ4n) is 4.05. The second kappa shape index (κ2) is 7.03. The predicted molar refractivity (Wildman–Crippen MR) is 109 cm³/mol. The molecule has 3 aliphatic rings. The number of fused-ring (bicyclic) bond motifs is 1. The lowest BCUT2D eigenvalue weighted by Gasteiger charge is -2.15. The number of hydrogen-bond acceptors (Lipinski definition) is 6. The van der Waals surface area contributed by atoms with Crippen LogP contribution in [0.15, 0.2) is 23.1 Å². The average molecular weight is 435 g/mol. The molecule has 0 bridgehead atoms. The number of anilines is 1. The molecule has 1 aromatic heterocycles. The average Bonchev–Trinajstić information content (AvgIpc) is 3.10. The molecule has 10 heteroatoms. The van der Waals surface area contributed by atoms with Crippen LogP contribution in [0.2, 0.25) is 0 Å². The first-order chi connectivity index (χ1) is 13.9. The zero-order chi connectivity index (χ0) is 20.2. The Balaban J connectivity index is 1.32. The second-order valence-corrected chi connectivity index (χ2v) is 10.9. The van der Waals surface area contributed by atoms with Crippen LogP contribution in [0.5, 0.6) is 0 Å². The third kappa shape index (κ3) is 3.53. The van der Waals surface area contributed by atoms with Gasteiger partial charge in [0.25, 0.3) is 0 Å². The summed E-state index contributed by atoms with van der Waals surface area (Å²) in [5, 5.41) is 3.25. The largest absolute Gasteiger partial charge is 0.339 e. The van der Waals surface area contributed by atoms with E-state index in [9.17, 15) is 18.0 Å². The quantitative estimate of drug-likeness (QED) is 0.776. The number of rotatable bonds is 5. The number of thiazole rings is 1. The molecular formula is C19H22N4O4S2. The van der Waals surface area contributed by atoms with Gasteiger partial charge in [0.2, 0.25) is 21.8 Å². The lowest BCUT2D eigenvalue weighted by molar-refractivity contribution is -0.128. The summed E-state index contributed by atoms with van der Waals surface area (Å²) >= 11 is 1.25. The van der Waals surface area contributed by atoms with E-state index in [2.05, 4.69) is 10.3 Å². The Morgan fingerprint density at radius 1 is 1.21 bits per heavy atom. The van der Waals surface area contributed by atoms with E-state index in [1.807, 2.05) is 4.90 Å². The number of carbonyl (C=O) groups excluding carboxylic acids is 2. The summed E-state index contributed by atoms with van der Waals surface area (Å²) in [6.45, 7) is 1.59. The second-order valence-electron chi connectivity index (χ2n) is 7.93. The minimum atomic E-state index is -3.49. The van der Waals surface area contributed by atoms with E-state index in [-0.39, 0.29) is 29.0 Å². The molecule has 0 radical (unpaired) electrons. The lowest BCUT2D eigenvalue weighted by Crippen LogP contribution is -2.29. The van der Waals surface area contributed by atoms with E-state index in [0.29, 0.717) is 41.0 Å². The Hall–Kier alpha value is -2.04. The van der Waals surface area contributed by atoms with Gasteiger partial charge >= 0.3 is 0 Å². The van der Waals surface area contributed by atoms with Gasteiger partial charge in [0.1, 0.15) is 0 Å². The Morgan fingerprint density at radius 2 is 1.97 bits per heavy atom. The summed E-state index contributed by atoms with van der Waals surface area (Å²) < 4.78 is 27.7. The van der Waals surface area contributed by atoms with Crippen molar-refractivity contribution in [2.24, 2.45) is 5.92 Å². The lowest BCUT2D eigenvalue weighted by atomic mass is 10.1. The van der Waals surface area contributed by atoms with Gasteiger partial charge in [-0.2, -0.15) is 4.31 Å². The molecular weight excluding hydrogens is 412 g/mol. The van der Waals surface area contributed by atoms with Gasteiger partial charge < -0.3 is 10.2 Å². The maximum atomic E-state index is 12.8. The maximum Gasteiger partial charge on any atom is 0.243 e. The third-order valence-corrected chi connectivity index (χ3v) is 8.64. The number of hydrogen-bond donors (Lipinski definition) is 1. The predicted octanol–water partition coefficient (Wildman–Crippen LogP) is 2.03. The number of nitrogens with one attached hydrogen (secondary N) is 1. The van der Waals surface area contributed by atoms with Crippen LogP contribution < -0.4 is 5.32 Å². The van der Waals surface area contributed by atoms with Crippen molar-refractivity contribution in [2.45, 2.75) is 43.0 Å². The summed E-state index contributed by atoms with van der Waals surface area (Å²) in [5.74, 6) is -0.514. The van der Waals surface area contributed by atoms with E-state index in [1.165, 1.54) is 15.6 Å². The monoisotopic (exact) mass is 434 g/mol. The number of likely N-dealkylation sites (tertiary alicyclic amines) is 1. The molecule has 3 fully saturated rings. The molecule has 1 saturated carbocycles. The molecule has 2 aromatic rings. The minimum Gasteiger partial charge on any atom is -0.339 e. The first-order valence-corrected chi connectivity index (χ1v) is 12.2. The smallest absolute Gasteiger partial charge is 0.243 e. The van der Waals surface area contributed by atoms with Crippen LogP contribution in [-0.2, 0) is 19.6 Å². The van der Waals surface area contributed by atoms with Crippen molar-refractivity contribution in [3.63, 3.8) is 0 Å². The van der Waals surface area contributed by atoms with E-state index < -0.39 is 10.0 Å². The molecule has 29 heavy (non-hydrogen) atoms. The van der Waals surface area contributed by atoms with Gasteiger partial charge in [-0.1, -0.05) is 11.3 Å². The summed E-state index contributed by atoms with van der Waals surface area (Å²) in [7, 11) is -3.49. The third-order valence-electron chi connectivity index (χ3n) is 5.81. The van der Waals surface area contributed by atoms with Gasteiger partial charge in [0.05, 0.1) is 21.0 Å². The van der Waals surface area contributed by atoms with Crippen molar-refractivity contribution in [3.8, 4) is 0 Å². The molecule has 154 valence electrons. The zero-order valence-corrected chi connectivity index (χ0v) is 17.5. The van der Waals surface area contributed by atoms with Crippen LogP contribution in [-0.4, -0.2) is 60.1 Å². The summed E-state index contributed by atoms with van der Waals surface area (Å²) in [5.41, 5.74) is 0.646. The molecule has 2 amide bonds. The van der Waals surface area contributed by atoms with Gasteiger partial charge in [-0.05, 0) is 43.9 Å². The SMILES string of the molecule is O=C(Nc1nc2ccc(S(=O)(=O)N3CCCC3)cc2s1)C1CC(=O)N(C2CC2)C1. The number of aromatic nitrogens is 1. The highest BCUT2D eigenvalue weighted by Gasteiger charge is 2.41. The van der Waals surface area contributed by atoms with E-state index in [0.717, 1.165) is 25.7 Å². The molecule has 2 aliphatic heterocycles. The summed E-state index contributed by atoms with van der Waals surface area (Å²) in [4.78, 5) is 31.2. The molecule has 8 nitrogen and oxygen atoms in total. The number of carbonyl (C=O) groups is 2. The number of benzene rings is 1. The summed E-state index contributed by atoms with van der Waals surface area (Å²) in [6.07, 6.45) is 4.08. The molecule has 0 spiro atoms. The van der Waals surface area contributed by atoms with Crippen LogP contribution in [0.4, 0.5) is 5.13 Å². The molecule has 3 heterocycles. The van der Waals surface area contributed by atoms with Crippen molar-refractivity contribution in [1.82, 2.24) is 14.2 Å². The van der Waals surface area contributed by atoms with Crippen LogP contribution in [0.25, 0.3) is 10.2 Å². The highest BCUT2D eigenvalue weighted by atomic mass is 32.2. The topological polar surface area (TPSA) is 99.7 Å². The summed E-state index contributed by atoms with van der Waals surface area (Å²) in [6, 6.07) is 5.20. The van der Waals surface area contributed by atoms with Crippen molar-refractivity contribution in [1.29, 1.82) is 0 Å². The molecule has 2 saturated heterocycles. The Labute approximate surface area is 172 Å². The van der Waals surface area contributed by atoms with E-state index in [4.69, 9.17) is 0 Å². The van der Waals surface area contributed by atoms with Crippen LogP contribution in [0, 0.1) is 5.92 Å². The van der Waals surface area contributed by atoms with Gasteiger partial charge in [0.15, 0.2) is 5.13 Å². The Kier molecular flexibility index (Phi) is 4.60. The maximum absolute atomic E-state index is 12.8. The highest BCUT2D eigenvalue weighted by Crippen LogP contribution is 2.34. The Bertz CT molecular complexity index is 1090. The Morgan fingerprint density at radius 3 is 2.69 bits per heavy atom. The number of nitrogens with zero attached hydrogens (tertiary/aromatic N) is 3. The first-order valence-electron chi connectivity index (χ1n) is 9.93. The zero-order valence-electron chi connectivity index (χ0n) is 15.8.